The fourth-order valence-electron chi connectivity index (χ4n) is 3.25. The van der Waals surface area contributed by atoms with E-state index in [1.165, 1.54) is 0 Å². The Kier molecular flexibility index (Phi) is 5.57. The topological polar surface area (TPSA) is 68.0 Å². The molecule has 0 bridgehead atoms. The van der Waals surface area contributed by atoms with Crippen molar-refractivity contribution in [3.05, 3.63) is 92.9 Å². The minimum Gasteiger partial charge on any atom is -0.478 e. The molecule has 0 saturated carbocycles. The summed E-state index contributed by atoms with van der Waals surface area (Å²) in [6.45, 7) is 2.39. The van der Waals surface area contributed by atoms with Crippen LogP contribution in [0.3, 0.4) is 0 Å². The van der Waals surface area contributed by atoms with Crippen LogP contribution in [-0.2, 0) is 6.54 Å². The van der Waals surface area contributed by atoms with Gasteiger partial charge in [0.2, 0.25) is 0 Å². The molecular weight excluding hydrogens is 421 g/mol. The molecule has 4 rings (SSSR count). The molecule has 30 heavy (non-hydrogen) atoms. The van der Waals surface area contributed by atoms with E-state index in [0.29, 0.717) is 33.3 Å². The molecule has 2 aromatic heterocycles. The number of para-hydroxylation sites is 1. The van der Waals surface area contributed by atoms with Crippen molar-refractivity contribution in [2.75, 3.05) is 0 Å². The summed E-state index contributed by atoms with van der Waals surface area (Å²) in [6.07, 6.45) is 3.56. The summed E-state index contributed by atoms with van der Waals surface area (Å²) in [4.78, 5) is 16.2. The number of pyridine rings is 1. The van der Waals surface area contributed by atoms with Crippen LogP contribution in [0.25, 0.3) is 23.1 Å². The summed E-state index contributed by atoms with van der Waals surface area (Å²) >= 11 is 12.5. The summed E-state index contributed by atoms with van der Waals surface area (Å²) in [7, 11) is 0. The van der Waals surface area contributed by atoms with Gasteiger partial charge in [0.1, 0.15) is 5.15 Å². The number of benzene rings is 2. The lowest BCUT2D eigenvalue weighted by Crippen LogP contribution is -2.01. The summed E-state index contributed by atoms with van der Waals surface area (Å²) < 4.78 is 1.72. The summed E-state index contributed by atoms with van der Waals surface area (Å²) in [5.41, 5.74) is 3.93. The van der Waals surface area contributed by atoms with Crippen LogP contribution in [0.1, 0.15) is 32.9 Å². The van der Waals surface area contributed by atoms with Crippen molar-refractivity contribution in [3.63, 3.8) is 0 Å². The van der Waals surface area contributed by atoms with E-state index < -0.39 is 5.97 Å². The Bertz CT molecular complexity index is 1280. The number of carbonyl (C=O) groups is 1. The van der Waals surface area contributed by atoms with Crippen molar-refractivity contribution in [1.82, 2.24) is 14.8 Å². The van der Waals surface area contributed by atoms with Gasteiger partial charge in [-0.15, -0.1) is 0 Å². The van der Waals surface area contributed by atoms with Gasteiger partial charge < -0.3 is 5.11 Å². The van der Waals surface area contributed by atoms with Crippen molar-refractivity contribution >= 4 is 52.2 Å². The van der Waals surface area contributed by atoms with Crippen molar-refractivity contribution < 1.29 is 9.90 Å². The van der Waals surface area contributed by atoms with E-state index in [2.05, 4.69) is 10.1 Å². The zero-order valence-electron chi connectivity index (χ0n) is 16.0. The first kappa shape index (κ1) is 20.1. The van der Waals surface area contributed by atoms with Crippen LogP contribution in [-0.4, -0.2) is 25.8 Å². The van der Waals surface area contributed by atoms with E-state index in [9.17, 15) is 9.90 Å². The quantitative estimate of drug-likeness (QED) is 0.417. The number of nitrogens with zero attached hydrogens (tertiary/aromatic N) is 3. The zero-order chi connectivity index (χ0) is 21.3. The van der Waals surface area contributed by atoms with Gasteiger partial charge in [0.15, 0.2) is 0 Å². The van der Waals surface area contributed by atoms with Crippen LogP contribution in [0, 0.1) is 6.92 Å². The number of fused-ring (bicyclic) bond motifs is 1. The van der Waals surface area contributed by atoms with E-state index >= 15 is 0 Å². The number of carboxylic acids is 1. The average molecular weight is 438 g/mol. The van der Waals surface area contributed by atoms with Crippen molar-refractivity contribution in [1.29, 1.82) is 0 Å². The Labute approximate surface area is 183 Å². The van der Waals surface area contributed by atoms with E-state index in [1.54, 1.807) is 35.0 Å². The normalized spacial score (nSPS) is 11.4. The Morgan fingerprint density at radius 2 is 1.83 bits per heavy atom. The van der Waals surface area contributed by atoms with E-state index in [4.69, 9.17) is 23.2 Å². The molecule has 2 aromatic carbocycles. The number of halogens is 2. The van der Waals surface area contributed by atoms with Gasteiger partial charge in [0.25, 0.3) is 0 Å². The van der Waals surface area contributed by atoms with Crippen molar-refractivity contribution in [3.8, 4) is 0 Å². The average Bonchev–Trinajstić information content (AvgIpc) is 3.00. The predicted molar refractivity (Wildman–Crippen MR) is 120 cm³/mol. The molecule has 0 aliphatic rings. The maximum atomic E-state index is 11.7. The molecule has 150 valence electrons. The van der Waals surface area contributed by atoms with Crippen molar-refractivity contribution in [2.24, 2.45) is 0 Å². The fraction of sp³-hybridized carbons (Fsp3) is 0.0870. The number of hydrogen-bond acceptors (Lipinski definition) is 3. The van der Waals surface area contributed by atoms with Gasteiger partial charge in [-0.3, -0.25) is 0 Å². The molecule has 0 aliphatic carbocycles. The van der Waals surface area contributed by atoms with Crippen LogP contribution in [0.15, 0.2) is 54.6 Å². The molecule has 0 aliphatic heterocycles. The molecule has 0 atom stereocenters. The van der Waals surface area contributed by atoms with Crippen LogP contribution in [0.4, 0.5) is 0 Å². The van der Waals surface area contributed by atoms with E-state index in [0.717, 1.165) is 16.8 Å². The van der Waals surface area contributed by atoms with Gasteiger partial charge >= 0.3 is 5.97 Å². The largest absolute Gasteiger partial charge is 0.478 e. The van der Waals surface area contributed by atoms with E-state index in [1.807, 2.05) is 43.3 Å². The molecule has 0 unspecified atom stereocenters. The number of rotatable bonds is 5. The van der Waals surface area contributed by atoms with Crippen LogP contribution in [0.5, 0.6) is 0 Å². The Hall–Kier alpha value is -3.15. The number of hydrogen-bond donors (Lipinski definition) is 1. The molecule has 0 saturated heterocycles. The number of carboxylic acid groups (broad SMARTS) is 1. The third-order valence-corrected chi connectivity index (χ3v) is 5.39. The first-order valence-electron chi connectivity index (χ1n) is 9.21. The molecule has 0 amide bonds. The molecule has 2 heterocycles. The maximum absolute atomic E-state index is 11.7. The molecule has 7 heteroatoms. The summed E-state index contributed by atoms with van der Waals surface area (Å²) in [5.74, 6) is -0.992. The van der Waals surface area contributed by atoms with Crippen LogP contribution < -0.4 is 0 Å². The van der Waals surface area contributed by atoms with Crippen LogP contribution in [0.2, 0.25) is 10.2 Å². The summed E-state index contributed by atoms with van der Waals surface area (Å²) in [6, 6.07) is 16.2. The lowest BCUT2D eigenvalue weighted by Gasteiger charge is -2.04. The number of aromatic nitrogens is 3. The minimum absolute atomic E-state index is 0.210. The molecule has 1 N–H and O–H groups in total. The highest BCUT2D eigenvalue weighted by Crippen LogP contribution is 2.25. The minimum atomic E-state index is -0.992. The molecule has 0 fully saturated rings. The van der Waals surface area contributed by atoms with Gasteiger partial charge in [-0.25, -0.2) is 14.5 Å². The first-order chi connectivity index (χ1) is 14.4. The first-order valence-corrected chi connectivity index (χ1v) is 9.96. The molecule has 4 aromatic rings. The Morgan fingerprint density at radius 3 is 2.57 bits per heavy atom. The molecular formula is C23H17Cl2N3O2. The fourth-order valence-corrected chi connectivity index (χ4v) is 3.67. The third-order valence-electron chi connectivity index (χ3n) is 4.74. The summed E-state index contributed by atoms with van der Waals surface area (Å²) in [5, 5.41) is 15.8. The monoisotopic (exact) mass is 437 g/mol. The number of aromatic carboxylic acids is 1. The second-order valence-electron chi connectivity index (χ2n) is 6.82. The van der Waals surface area contributed by atoms with Gasteiger partial charge in [0.05, 0.1) is 29.0 Å². The SMILES string of the molecule is Cc1nn(Cc2ccc(Cl)cc2)c(Cl)c1C=Cc1cc(C(=O)O)c2ccccc2n1. The second kappa shape index (κ2) is 8.30. The lowest BCUT2D eigenvalue weighted by atomic mass is 10.1. The zero-order valence-corrected chi connectivity index (χ0v) is 17.5. The van der Waals surface area contributed by atoms with Crippen molar-refractivity contribution in [2.45, 2.75) is 13.5 Å². The third kappa shape index (κ3) is 4.08. The maximum Gasteiger partial charge on any atom is 0.336 e. The van der Waals surface area contributed by atoms with Gasteiger partial charge in [-0.1, -0.05) is 53.5 Å². The highest BCUT2D eigenvalue weighted by molar-refractivity contribution is 6.31. The van der Waals surface area contributed by atoms with Gasteiger partial charge in [-0.2, -0.15) is 5.10 Å². The smallest absolute Gasteiger partial charge is 0.336 e. The lowest BCUT2D eigenvalue weighted by molar-refractivity contribution is 0.0699. The molecule has 5 nitrogen and oxygen atoms in total. The predicted octanol–water partition coefficient (Wildman–Crippen LogP) is 5.96. The number of aryl methyl sites for hydroxylation is 1. The van der Waals surface area contributed by atoms with Gasteiger partial charge in [0, 0.05) is 16.0 Å². The highest BCUT2D eigenvalue weighted by atomic mass is 35.5. The molecule has 0 radical (unpaired) electrons. The van der Waals surface area contributed by atoms with Crippen LogP contribution >= 0.6 is 23.2 Å². The Balaban J connectivity index is 1.67. The standard InChI is InChI=1S/C23H17Cl2N3O2/c1-14-18(22(25)28(27-14)13-15-6-8-16(24)9-7-15)11-10-17-12-20(23(29)30)19-4-2-3-5-21(19)26-17/h2-12H,13H2,1H3,(H,29,30). The van der Waals surface area contributed by atoms with Gasteiger partial charge in [-0.05, 0) is 48.9 Å². The highest BCUT2D eigenvalue weighted by Gasteiger charge is 2.13. The van der Waals surface area contributed by atoms with E-state index in [-0.39, 0.29) is 5.56 Å². The second-order valence-corrected chi connectivity index (χ2v) is 7.62. The molecule has 0 spiro atoms. The Morgan fingerprint density at radius 1 is 1.10 bits per heavy atom.